The topological polar surface area (TPSA) is 82.7 Å². The smallest absolute Gasteiger partial charge is 0.200 e. The third-order valence-electron chi connectivity index (χ3n) is 4.07. The van der Waals surface area contributed by atoms with Crippen molar-refractivity contribution in [1.82, 2.24) is 30.2 Å². The molecule has 1 fully saturated rings. The van der Waals surface area contributed by atoms with Crippen molar-refractivity contribution in [1.29, 1.82) is 0 Å². The molecular weight excluding hydrogens is 294 g/mol. The van der Waals surface area contributed by atoms with Crippen LogP contribution in [0, 0.1) is 0 Å². The normalized spacial score (nSPS) is 16.1. The Kier molecular flexibility index (Phi) is 3.51. The van der Waals surface area contributed by atoms with Gasteiger partial charge in [0.2, 0.25) is 0 Å². The molecule has 1 N–H and O–H groups in total. The van der Waals surface area contributed by atoms with Gasteiger partial charge in [-0.2, -0.15) is 0 Å². The molecule has 23 heavy (non-hydrogen) atoms. The van der Waals surface area contributed by atoms with Crippen molar-refractivity contribution in [2.75, 3.05) is 31.1 Å². The molecule has 4 rings (SSSR count). The molecule has 0 aliphatic carbocycles. The number of rotatable bonds is 3. The second-order valence-corrected chi connectivity index (χ2v) is 5.65. The van der Waals surface area contributed by atoms with E-state index in [1.807, 2.05) is 30.3 Å². The van der Waals surface area contributed by atoms with E-state index >= 15 is 0 Å². The Morgan fingerprint density at radius 3 is 2.74 bits per heavy atom. The van der Waals surface area contributed by atoms with Gasteiger partial charge in [0.1, 0.15) is 5.75 Å². The molecule has 3 aromatic rings. The van der Waals surface area contributed by atoms with E-state index in [-0.39, 0.29) is 0 Å². The van der Waals surface area contributed by atoms with Gasteiger partial charge in [-0.1, -0.05) is 12.1 Å². The quantitative estimate of drug-likeness (QED) is 0.756. The Balaban J connectivity index is 1.40. The lowest BCUT2D eigenvalue weighted by Crippen LogP contribution is -2.46. The van der Waals surface area contributed by atoms with Gasteiger partial charge in [-0.25, -0.2) is 0 Å². The van der Waals surface area contributed by atoms with Crippen molar-refractivity contribution in [3.8, 4) is 5.75 Å². The molecule has 0 atom stereocenters. The van der Waals surface area contributed by atoms with Gasteiger partial charge < -0.3 is 10.0 Å². The Bertz CT molecular complexity index is 810. The number of nitrogens with zero attached hydrogens (tertiary/aromatic N) is 7. The van der Waals surface area contributed by atoms with Gasteiger partial charge >= 0.3 is 0 Å². The first-order valence-corrected chi connectivity index (χ1v) is 7.58. The molecule has 8 nitrogen and oxygen atoms in total. The van der Waals surface area contributed by atoms with Crippen molar-refractivity contribution in [2.45, 2.75) is 6.54 Å². The molecule has 0 saturated carbocycles. The highest BCUT2D eigenvalue weighted by molar-refractivity contribution is 5.44. The van der Waals surface area contributed by atoms with Gasteiger partial charge in [0.15, 0.2) is 11.5 Å². The molecule has 0 radical (unpaired) electrons. The molecule has 8 heteroatoms. The molecule has 2 aromatic heterocycles. The standard InChI is InChI=1S/C15H17N7O/c23-13-3-1-2-12(10-13)11-20-6-8-21(9-7-20)15-5-4-14-16-18-19-22(14)17-15/h1-5,10,23H,6-9,11H2. The minimum Gasteiger partial charge on any atom is -0.508 e. The van der Waals surface area contributed by atoms with Crippen LogP contribution in [0.5, 0.6) is 5.75 Å². The zero-order valence-corrected chi connectivity index (χ0v) is 12.6. The molecule has 0 spiro atoms. The number of phenolic OH excluding ortho intramolecular Hbond substituents is 1. The average molecular weight is 311 g/mol. The molecule has 0 amide bonds. The van der Waals surface area contributed by atoms with E-state index in [2.05, 4.69) is 30.4 Å². The predicted octanol–water partition coefficient (Wildman–Crippen LogP) is 0.547. The fraction of sp³-hybridized carbons (Fsp3) is 0.333. The second kappa shape index (κ2) is 5.81. The number of tetrazole rings is 1. The number of phenols is 1. The van der Waals surface area contributed by atoms with Gasteiger partial charge in [-0.3, -0.25) is 4.90 Å². The van der Waals surface area contributed by atoms with Crippen LogP contribution in [0.1, 0.15) is 5.56 Å². The fourth-order valence-electron chi connectivity index (χ4n) is 2.86. The van der Waals surface area contributed by atoms with Gasteiger partial charge in [0, 0.05) is 32.7 Å². The third kappa shape index (κ3) is 2.93. The number of aromatic hydroxyl groups is 1. The highest BCUT2D eigenvalue weighted by Gasteiger charge is 2.19. The minimum absolute atomic E-state index is 0.320. The van der Waals surface area contributed by atoms with Crippen molar-refractivity contribution in [3.63, 3.8) is 0 Å². The lowest BCUT2D eigenvalue weighted by molar-refractivity contribution is 0.249. The zero-order valence-electron chi connectivity index (χ0n) is 12.6. The van der Waals surface area contributed by atoms with E-state index in [9.17, 15) is 5.11 Å². The summed E-state index contributed by atoms with van der Waals surface area (Å²) in [6, 6.07) is 11.3. The van der Waals surface area contributed by atoms with Crippen molar-refractivity contribution in [3.05, 3.63) is 42.0 Å². The van der Waals surface area contributed by atoms with E-state index in [1.165, 1.54) is 4.63 Å². The Labute approximate surface area is 132 Å². The average Bonchev–Trinajstić information content (AvgIpc) is 3.03. The first-order chi connectivity index (χ1) is 11.3. The van der Waals surface area contributed by atoms with Crippen molar-refractivity contribution in [2.24, 2.45) is 0 Å². The SMILES string of the molecule is Oc1cccc(CN2CCN(c3ccc4nnnn4n3)CC2)c1. The summed E-state index contributed by atoms with van der Waals surface area (Å²) in [5, 5.41) is 25.3. The lowest BCUT2D eigenvalue weighted by Gasteiger charge is -2.35. The van der Waals surface area contributed by atoms with Gasteiger partial charge in [-0.05, 0) is 40.3 Å². The number of anilines is 1. The molecule has 0 unspecified atom stereocenters. The second-order valence-electron chi connectivity index (χ2n) is 5.65. The molecule has 1 aromatic carbocycles. The maximum atomic E-state index is 9.55. The number of aromatic nitrogens is 5. The van der Waals surface area contributed by atoms with Crippen LogP contribution >= 0.6 is 0 Å². The Morgan fingerprint density at radius 2 is 1.91 bits per heavy atom. The summed E-state index contributed by atoms with van der Waals surface area (Å²) >= 11 is 0. The fourth-order valence-corrected chi connectivity index (χ4v) is 2.86. The van der Waals surface area contributed by atoms with Crippen molar-refractivity contribution < 1.29 is 5.11 Å². The van der Waals surface area contributed by atoms with Crippen LogP contribution in [0.2, 0.25) is 0 Å². The number of piperazine rings is 1. The highest BCUT2D eigenvalue weighted by Crippen LogP contribution is 2.17. The number of benzene rings is 1. The van der Waals surface area contributed by atoms with Gasteiger partial charge in [0.25, 0.3) is 0 Å². The predicted molar refractivity (Wildman–Crippen MR) is 84.2 cm³/mol. The van der Waals surface area contributed by atoms with E-state index in [0.717, 1.165) is 44.1 Å². The van der Waals surface area contributed by atoms with Crippen LogP contribution in [0.15, 0.2) is 36.4 Å². The number of fused-ring (bicyclic) bond motifs is 1. The summed E-state index contributed by atoms with van der Waals surface area (Å²) in [6.45, 7) is 4.55. The van der Waals surface area contributed by atoms with E-state index in [1.54, 1.807) is 6.07 Å². The highest BCUT2D eigenvalue weighted by atomic mass is 16.3. The lowest BCUT2D eigenvalue weighted by atomic mass is 10.2. The Morgan fingerprint density at radius 1 is 1.04 bits per heavy atom. The van der Waals surface area contributed by atoms with Crippen LogP contribution in [0.4, 0.5) is 5.82 Å². The molecule has 1 saturated heterocycles. The first-order valence-electron chi connectivity index (χ1n) is 7.58. The number of hydrogen-bond acceptors (Lipinski definition) is 7. The monoisotopic (exact) mass is 311 g/mol. The van der Waals surface area contributed by atoms with Crippen molar-refractivity contribution >= 4 is 11.5 Å². The Hall–Kier alpha value is -2.74. The maximum Gasteiger partial charge on any atom is 0.200 e. The summed E-state index contributed by atoms with van der Waals surface area (Å²) < 4.78 is 1.45. The van der Waals surface area contributed by atoms with Crippen LogP contribution in [0.3, 0.4) is 0 Å². The molecule has 0 bridgehead atoms. The largest absolute Gasteiger partial charge is 0.508 e. The van der Waals surface area contributed by atoms with E-state index < -0.39 is 0 Å². The van der Waals surface area contributed by atoms with E-state index in [0.29, 0.717) is 11.4 Å². The summed E-state index contributed by atoms with van der Waals surface area (Å²) in [6.07, 6.45) is 0. The van der Waals surface area contributed by atoms with Gasteiger partial charge in [-0.15, -0.1) is 14.8 Å². The summed E-state index contributed by atoms with van der Waals surface area (Å²) in [5.41, 5.74) is 1.78. The third-order valence-corrected chi connectivity index (χ3v) is 4.07. The molecule has 1 aliphatic heterocycles. The molecule has 118 valence electrons. The van der Waals surface area contributed by atoms with E-state index in [4.69, 9.17) is 0 Å². The van der Waals surface area contributed by atoms with Crippen LogP contribution < -0.4 is 4.90 Å². The first kappa shape index (κ1) is 13.9. The number of hydrogen-bond donors (Lipinski definition) is 1. The molecule has 3 heterocycles. The van der Waals surface area contributed by atoms with Crippen LogP contribution in [-0.4, -0.2) is 61.4 Å². The van der Waals surface area contributed by atoms with Crippen LogP contribution in [0.25, 0.3) is 5.65 Å². The molecular formula is C15H17N7O. The summed E-state index contributed by atoms with van der Waals surface area (Å²) in [4.78, 5) is 4.61. The summed E-state index contributed by atoms with van der Waals surface area (Å²) in [7, 11) is 0. The maximum absolute atomic E-state index is 9.55. The van der Waals surface area contributed by atoms with Crippen LogP contribution in [-0.2, 0) is 6.54 Å². The summed E-state index contributed by atoms with van der Waals surface area (Å²) in [5.74, 6) is 1.21. The minimum atomic E-state index is 0.320. The zero-order chi connectivity index (χ0) is 15.6. The van der Waals surface area contributed by atoms with Gasteiger partial charge in [0.05, 0.1) is 0 Å². The molecule has 1 aliphatic rings.